The third kappa shape index (κ3) is 4.30. The van der Waals surface area contributed by atoms with Gasteiger partial charge < -0.3 is 15.0 Å². The molecule has 0 spiro atoms. The number of aromatic nitrogens is 1. The van der Waals surface area contributed by atoms with Gasteiger partial charge in [0.05, 0.1) is 7.11 Å². The van der Waals surface area contributed by atoms with Crippen LogP contribution in [0.25, 0.3) is 0 Å². The lowest BCUT2D eigenvalue weighted by Gasteiger charge is -2.13. The van der Waals surface area contributed by atoms with Crippen molar-refractivity contribution >= 4 is 11.9 Å². The summed E-state index contributed by atoms with van der Waals surface area (Å²) in [5, 5.41) is 2.55. The van der Waals surface area contributed by atoms with Gasteiger partial charge >= 0.3 is 6.09 Å². The number of nitrogens with one attached hydrogen (secondary N) is 2. The largest absolute Gasteiger partial charge is 0.453 e. The maximum Gasteiger partial charge on any atom is 0.406 e. The Morgan fingerprint density at radius 3 is 2.82 bits per heavy atom. The van der Waals surface area contributed by atoms with Crippen LogP contribution in [0.2, 0.25) is 0 Å². The summed E-state index contributed by atoms with van der Waals surface area (Å²) in [5.74, 6) is -0.0521. The molecule has 5 nitrogen and oxygen atoms in total. The van der Waals surface area contributed by atoms with E-state index in [4.69, 9.17) is 0 Å². The Labute approximate surface area is 101 Å². The highest BCUT2D eigenvalue weighted by atomic mass is 16.5. The number of alkyl carbamates (subject to hydrolysis) is 1. The van der Waals surface area contributed by atoms with Crippen LogP contribution in [0.4, 0.5) is 4.79 Å². The molecule has 0 fully saturated rings. The SMILES string of the molecule is CC[C@@H](CNC(=O)OC)C(=O)Cc1ccc[nH]1. The number of methoxy groups -OCH3 is 1. The topological polar surface area (TPSA) is 71.2 Å². The van der Waals surface area contributed by atoms with E-state index >= 15 is 0 Å². The normalized spacial score (nSPS) is 11.9. The van der Waals surface area contributed by atoms with Crippen LogP contribution in [0, 0.1) is 5.92 Å². The average molecular weight is 238 g/mol. The molecule has 1 amide bonds. The molecule has 0 saturated heterocycles. The lowest BCUT2D eigenvalue weighted by atomic mass is 9.97. The van der Waals surface area contributed by atoms with Crippen LogP contribution in [0.15, 0.2) is 18.3 Å². The summed E-state index contributed by atoms with van der Waals surface area (Å²) in [6.45, 7) is 2.25. The summed E-state index contributed by atoms with van der Waals surface area (Å²) in [6, 6.07) is 3.73. The Balaban J connectivity index is 2.44. The highest BCUT2D eigenvalue weighted by molar-refractivity contribution is 5.83. The number of hydrogen-bond acceptors (Lipinski definition) is 3. The van der Waals surface area contributed by atoms with E-state index in [1.54, 1.807) is 6.20 Å². The van der Waals surface area contributed by atoms with Gasteiger partial charge in [0.2, 0.25) is 0 Å². The first kappa shape index (κ1) is 13.3. The second-order valence-electron chi connectivity index (χ2n) is 3.82. The molecular formula is C12H18N2O3. The average Bonchev–Trinajstić information content (AvgIpc) is 2.82. The molecule has 0 saturated carbocycles. The molecule has 0 bridgehead atoms. The predicted molar refractivity (Wildman–Crippen MR) is 63.7 cm³/mol. The molecule has 1 heterocycles. The number of H-pyrrole nitrogens is 1. The Morgan fingerprint density at radius 1 is 1.53 bits per heavy atom. The summed E-state index contributed by atoms with van der Waals surface area (Å²) >= 11 is 0. The van der Waals surface area contributed by atoms with Crippen molar-refractivity contribution in [2.75, 3.05) is 13.7 Å². The van der Waals surface area contributed by atoms with E-state index in [2.05, 4.69) is 15.0 Å². The van der Waals surface area contributed by atoms with Crippen molar-refractivity contribution in [3.63, 3.8) is 0 Å². The van der Waals surface area contributed by atoms with Crippen LogP contribution < -0.4 is 5.32 Å². The fourth-order valence-electron chi connectivity index (χ4n) is 1.57. The van der Waals surface area contributed by atoms with E-state index in [9.17, 15) is 9.59 Å². The molecule has 0 radical (unpaired) electrons. The molecule has 0 aliphatic heterocycles. The molecule has 1 rings (SSSR count). The number of ketones is 1. The molecule has 5 heteroatoms. The number of carbonyl (C=O) groups is 2. The van der Waals surface area contributed by atoms with E-state index in [0.717, 1.165) is 5.69 Å². The minimum Gasteiger partial charge on any atom is -0.453 e. The van der Waals surface area contributed by atoms with Crippen LogP contribution in [0.5, 0.6) is 0 Å². The molecule has 1 atom stereocenters. The van der Waals surface area contributed by atoms with Crippen LogP contribution in [0.1, 0.15) is 19.0 Å². The van der Waals surface area contributed by atoms with Gasteiger partial charge in [-0.3, -0.25) is 4.79 Å². The molecule has 0 aromatic carbocycles. The molecule has 17 heavy (non-hydrogen) atoms. The number of amides is 1. The summed E-state index contributed by atoms with van der Waals surface area (Å²) < 4.78 is 4.46. The number of rotatable bonds is 6. The van der Waals surface area contributed by atoms with Crippen LogP contribution >= 0.6 is 0 Å². The van der Waals surface area contributed by atoms with E-state index in [-0.39, 0.29) is 11.7 Å². The number of Topliss-reactive ketones (excluding diaryl/α,β-unsaturated/α-hetero) is 1. The quantitative estimate of drug-likeness (QED) is 0.789. The summed E-state index contributed by atoms with van der Waals surface area (Å²) in [5.41, 5.74) is 0.895. The third-order valence-corrected chi connectivity index (χ3v) is 2.65. The summed E-state index contributed by atoms with van der Waals surface area (Å²) in [7, 11) is 1.30. The fraction of sp³-hybridized carbons (Fsp3) is 0.500. The maximum atomic E-state index is 11.9. The highest BCUT2D eigenvalue weighted by Gasteiger charge is 2.17. The van der Waals surface area contributed by atoms with Crippen molar-refractivity contribution in [2.45, 2.75) is 19.8 Å². The molecule has 94 valence electrons. The Hall–Kier alpha value is -1.78. The molecule has 0 aliphatic carbocycles. The standard InChI is InChI=1S/C12H18N2O3/c1-3-9(8-14-12(16)17-2)11(15)7-10-5-4-6-13-10/h4-6,9,13H,3,7-8H2,1-2H3,(H,14,16)/t9-/m0/s1. The lowest BCUT2D eigenvalue weighted by Crippen LogP contribution is -2.33. The second-order valence-corrected chi connectivity index (χ2v) is 3.82. The van der Waals surface area contributed by atoms with Crippen molar-refractivity contribution in [2.24, 2.45) is 5.92 Å². The van der Waals surface area contributed by atoms with E-state index in [1.165, 1.54) is 7.11 Å². The first-order valence-electron chi connectivity index (χ1n) is 5.64. The molecule has 1 aromatic rings. The van der Waals surface area contributed by atoms with Gasteiger partial charge in [-0.2, -0.15) is 0 Å². The minimum absolute atomic E-state index is 0.117. The van der Waals surface area contributed by atoms with Gasteiger partial charge in [0.15, 0.2) is 0 Å². The van der Waals surface area contributed by atoms with E-state index in [1.807, 2.05) is 19.1 Å². The van der Waals surface area contributed by atoms with Crippen molar-refractivity contribution in [1.29, 1.82) is 0 Å². The van der Waals surface area contributed by atoms with Gasteiger partial charge in [0.1, 0.15) is 5.78 Å². The summed E-state index contributed by atoms with van der Waals surface area (Å²) in [6.07, 6.45) is 2.35. The molecule has 2 N–H and O–H groups in total. The fourth-order valence-corrected chi connectivity index (χ4v) is 1.57. The molecule has 0 unspecified atom stereocenters. The summed E-state index contributed by atoms with van der Waals surface area (Å²) in [4.78, 5) is 25.8. The third-order valence-electron chi connectivity index (χ3n) is 2.65. The van der Waals surface area contributed by atoms with Crippen molar-refractivity contribution in [1.82, 2.24) is 10.3 Å². The monoisotopic (exact) mass is 238 g/mol. The van der Waals surface area contributed by atoms with E-state index in [0.29, 0.717) is 19.4 Å². The number of aromatic amines is 1. The maximum absolute atomic E-state index is 11.9. The van der Waals surface area contributed by atoms with Gasteiger partial charge in [-0.15, -0.1) is 0 Å². The highest BCUT2D eigenvalue weighted by Crippen LogP contribution is 2.08. The van der Waals surface area contributed by atoms with Gasteiger partial charge in [-0.05, 0) is 18.6 Å². The van der Waals surface area contributed by atoms with Crippen molar-refractivity contribution in [3.05, 3.63) is 24.0 Å². The molecule has 1 aromatic heterocycles. The Morgan fingerprint density at radius 2 is 2.29 bits per heavy atom. The smallest absolute Gasteiger partial charge is 0.406 e. The van der Waals surface area contributed by atoms with E-state index < -0.39 is 6.09 Å². The second kappa shape index (κ2) is 6.73. The zero-order valence-electron chi connectivity index (χ0n) is 10.2. The van der Waals surface area contributed by atoms with Crippen LogP contribution in [-0.2, 0) is 16.0 Å². The number of carbonyl (C=O) groups excluding carboxylic acids is 2. The first-order chi connectivity index (χ1) is 8.17. The van der Waals surface area contributed by atoms with Gasteiger partial charge in [0, 0.05) is 30.8 Å². The van der Waals surface area contributed by atoms with Gasteiger partial charge in [0.25, 0.3) is 0 Å². The minimum atomic E-state index is -0.504. The zero-order chi connectivity index (χ0) is 12.7. The molecular weight excluding hydrogens is 220 g/mol. The molecule has 0 aliphatic rings. The van der Waals surface area contributed by atoms with Crippen molar-refractivity contribution in [3.8, 4) is 0 Å². The van der Waals surface area contributed by atoms with Crippen LogP contribution in [0.3, 0.4) is 0 Å². The number of hydrogen-bond donors (Lipinski definition) is 2. The van der Waals surface area contributed by atoms with Gasteiger partial charge in [-0.1, -0.05) is 6.92 Å². The Kier molecular flexibility index (Phi) is 5.26. The van der Waals surface area contributed by atoms with Crippen molar-refractivity contribution < 1.29 is 14.3 Å². The predicted octanol–water partition coefficient (Wildman–Crippen LogP) is 1.51. The first-order valence-corrected chi connectivity index (χ1v) is 5.64. The van der Waals surface area contributed by atoms with Crippen LogP contribution in [-0.4, -0.2) is 30.5 Å². The number of ether oxygens (including phenoxy) is 1. The zero-order valence-corrected chi connectivity index (χ0v) is 10.2. The Bertz CT molecular complexity index is 360. The van der Waals surface area contributed by atoms with Gasteiger partial charge in [-0.25, -0.2) is 4.79 Å². The lowest BCUT2D eigenvalue weighted by molar-refractivity contribution is -0.122.